The summed E-state index contributed by atoms with van der Waals surface area (Å²) >= 11 is 2.98. The van der Waals surface area contributed by atoms with E-state index in [-0.39, 0.29) is 51.6 Å². The smallest absolute Gasteiger partial charge is 0.352 e. The third-order valence-electron chi connectivity index (χ3n) is 4.40. The fourth-order valence-electron chi connectivity index (χ4n) is 2.96. The first kappa shape index (κ1) is 28.1. The Balaban J connectivity index is 2.02. The van der Waals surface area contributed by atoms with Gasteiger partial charge in [0.1, 0.15) is 41.4 Å². The number of β-lactam (4-membered cyclic amide) rings is 1. The predicted molar refractivity (Wildman–Crippen MR) is 126 cm³/mol. The third kappa shape index (κ3) is 7.17. The highest BCUT2D eigenvalue weighted by Crippen LogP contribution is 2.40. The standard InChI is InChI=1S/C20H20N4O8S3/c1-3-31-14(27)9-35-20(11(4-21)5-22)34-8-13(26)23-15-17(28)24-16(19(29)30)12(6-32-10(2)25)7-33-18(15)24/h15,18H,3,6-9H2,1-2H3,(H,23,26)(H,29,30)/t15-,18-/m1/s1. The average molecular weight is 541 g/mol. The van der Waals surface area contributed by atoms with Gasteiger partial charge in [0.2, 0.25) is 5.91 Å². The van der Waals surface area contributed by atoms with E-state index in [4.69, 9.17) is 20.0 Å². The lowest BCUT2D eigenvalue weighted by Gasteiger charge is -2.49. The van der Waals surface area contributed by atoms with Crippen LogP contribution in [-0.4, -0.2) is 81.6 Å². The van der Waals surface area contributed by atoms with Gasteiger partial charge in [0.25, 0.3) is 5.91 Å². The number of hydrogen-bond donors (Lipinski definition) is 2. The average Bonchev–Trinajstić information content (AvgIpc) is 2.82. The Labute approximate surface area is 213 Å². The number of carboxylic acid groups (broad SMARTS) is 1. The largest absolute Gasteiger partial charge is 0.477 e. The number of carbonyl (C=O) groups excluding carboxylic acids is 4. The molecule has 15 heteroatoms. The van der Waals surface area contributed by atoms with Crippen molar-refractivity contribution in [2.75, 3.05) is 30.5 Å². The number of thioether (sulfide) groups is 3. The molecule has 35 heavy (non-hydrogen) atoms. The number of nitrogens with zero attached hydrogens (tertiary/aromatic N) is 3. The first-order chi connectivity index (χ1) is 16.6. The van der Waals surface area contributed by atoms with Gasteiger partial charge in [-0.2, -0.15) is 10.5 Å². The number of nitriles is 2. The molecule has 2 rings (SSSR count). The topological polar surface area (TPSA) is 187 Å². The van der Waals surface area contributed by atoms with Crippen molar-refractivity contribution in [2.45, 2.75) is 25.3 Å². The summed E-state index contributed by atoms with van der Waals surface area (Å²) in [5.41, 5.74) is -0.257. The monoisotopic (exact) mass is 540 g/mol. The van der Waals surface area contributed by atoms with Crippen LogP contribution in [0.3, 0.4) is 0 Å². The van der Waals surface area contributed by atoms with E-state index in [1.165, 1.54) is 18.7 Å². The molecule has 0 saturated carbocycles. The van der Waals surface area contributed by atoms with Crippen molar-refractivity contribution in [1.82, 2.24) is 10.2 Å². The van der Waals surface area contributed by atoms with Gasteiger partial charge in [-0.25, -0.2) is 4.79 Å². The Bertz CT molecular complexity index is 1060. The van der Waals surface area contributed by atoms with Crippen molar-refractivity contribution in [3.8, 4) is 12.1 Å². The molecule has 186 valence electrons. The van der Waals surface area contributed by atoms with Crippen molar-refractivity contribution >= 4 is 65.0 Å². The predicted octanol–water partition coefficient (Wildman–Crippen LogP) is 0.576. The highest BCUT2D eigenvalue weighted by Gasteiger charge is 2.54. The molecular formula is C20H20N4O8S3. The second kappa shape index (κ2) is 13.1. The van der Waals surface area contributed by atoms with E-state index in [2.05, 4.69) is 5.32 Å². The van der Waals surface area contributed by atoms with Gasteiger partial charge in [0.05, 0.1) is 22.3 Å². The van der Waals surface area contributed by atoms with Gasteiger partial charge >= 0.3 is 17.9 Å². The van der Waals surface area contributed by atoms with E-state index in [1.54, 1.807) is 19.1 Å². The number of rotatable bonds is 11. The van der Waals surface area contributed by atoms with E-state index >= 15 is 0 Å². The molecule has 0 aromatic carbocycles. The zero-order valence-electron chi connectivity index (χ0n) is 18.6. The van der Waals surface area contributed by atoms with Crippen LogP contribution in [0.25, 0.3) is 0 Å². The fraction of sp³-hybridized carbons (Fsp3) is 0.450. The number of allylic oxidation sites excluding steroid dienone is 1. The zero-order chi connectivity index (χ0) is 26.1. The van der Waals surface area contributed by atoms with Gasteiger partial charge in [-0.1, -0.05) is 0 Å². The van der Waals surface area contributed by atoms with E-state index in [1.807, 2.05) is 0 Å². The van der Waals surface area contributed by atoms with Crippen molar-refractivity contribution in [3.05, 3.63) is 21.1 Å². The molecule has 2 aliphatic heterocycles. The summed E-state index contributed by atoms with van der Waals surface area (Å²) in [6, 6.07) is 2.46. The van der Waals surface area contributed by atoms with E-state index in [0.717, 1.165) is 28.4 Å². The van der Waals surface area contributed by atoms with Crippen molar-refractivity contribution in [2.24, 2.45) is 0 Å². The number of ether oxygens (including phenoxy) is 2. The Kier molecular flexibility index (Phi) is 10.5. The summed E-state index contributed by atoms with van der Waals surface area (Å²) in [4.78, 5) is 60.6. The minimum absolute atomic E-state index is 0.153. The Hall–Kier alpha value is -3.14. The van der Waals surface area contributed by atoms with E-state index < -0.39 is 41.1 Å². The number of aliphatic carboxylic acids is 1. The lowest BCUT2D eigenvalue weighted by Crippen LogP contribution is -2.70. The molecule has 2 N–H and O–H groups in total. The van der Waals surface area contributed by atoms with Crippen LogP contribution in [0.4, 0.5) is 0 Å². The molecule has 0 aliphatic carbocycles. The first-order valence-electron chi connectivity index (χ1n) is 9.92. The highest BCUT2D eigenvalue weighted by atomic mass is 32.2. The number of carboxylic acids is 1. The maximum absolute atomic E-state index is 12.6. The molecule has 1 saturated heterocycles. The minimum Gasteiger partial charge on any atom is -0.477 e. The number of amides is 2. The van der Waals surface area contributed by atoms with Crippen LogP contribution >= 0.6 is 35.3 Å². The van der Waals surface area contributed by atoms with Crippen LogP contribution < -0.4 is 5.32 Å². The summed E-state index contributed by atoms with van der Waals surface area (Å²) in [6.07, 6.45) is 0. The van der Waals surface area contributed by atoms with E-state index in [9.17, 15) is 29.1 Å². The van der Waals surface area contributed by atoms with Gasteiger partial charge in [-0.15, -0.1) is 35.3 Å². The van der Waals surface area contributed by atoms with Crippen LogP contribution in [0.15, 0.2) is 21.1 Å². The number of nitrogens with one attached hydrogen (secondary N) is 1. The van der Waals surface area contributed by atoms with Gasteiger partial charge in [-0.05, 0) is 6.92 Å². The molecule has 0 bridgehead atoms. The maximum Gasteiger partial charge on any atom is 0.352 e. The second-order valence-electron chi connectivity index (χ2n) is 6.76. The maximum atomic E-state index is 12.6. The SMILES string of the molecule is CCOC(=O)CSC(SCC(=O)N[C@@H]1C(=O)N2C(C(=O)O)=C(COC(C)=O)CS[C@H]12)=C(C#N)C#N. The summed E-state index contributed by atoms with van der Waals surface area (Å²) in [6.45, 7) is 2.74. The Morgan fingerprint density at radius 1 is 1.20 bits per heavy atom. The van der Waals surface area contributed by atoms with E-state index in [0.29, 0.717) is 0 Å². The molecule has 2 atom stereocenters. The Morgan fingerprint density at radius 3 is 2.43 bits per heavy atom. The molecule has 0 aromatic heterocycles. The number of fused-ring (bicyclic) bond motifs is 1. The second-order valence-corrected chi connectivity index (χ2v) is 10.1. The summed E-state index contributed by atoms with van der Waals surface area (Å²) in [5, 5.41) is 29.7. The molecule has 0 aromatic rings. The highest BCUT2D eigenvalue weighted by molar-refractivity contribution is 8.22. The molecule has 0 unspecified atom stereocenters. The number of carbonyl (C=O) groups is 5. The van der Waals surface area contributed by atoms with Gasteiger partial charge in [0.15, 0.2) is 0 Å². The molecule has 0 radical (unpaired) electrons. The molecule has 2 amide bonds. The van der Waals surface area contributed by atoms with Crippen LogP contribution in [0.2, 0.25) is 0 Å². The molecule has 0 spiro atoms. The Morgan fingerprint density at radius 2 is 1.86 bits per heavy atom. The molecule has 2 aliphatic rings. The van der Waals surface area contributed by atoms with Gasteiger partial charge < -0.3 is 19.9 Å². The zero-order valence-corrected chi connectivity index (χ0v) is 21.0. The number of esters is 2. The summed E-state index contributed by atoms with van der Waals surface area (Å²) in [5.74, 6) is -3.89. The van der Waals surface area contributed by atoms with Crippen LogP contribution in [0.5, 0.6) is 0 Å². The van der Waals surface area contributed by atoms with Crippen molar-refractivity contribution in [1.29, 1.82) is 10.5 Å². The van der Waals surface area contributed by atoms with Gasteiger partial charge in [-0.3, -0.25) is 24.1 Å². The molecule has 2 heterocycles. The first-order valence-corrected chi connectivity index (χ1v) is 12.9. The number of hydrogen-bond acceptors (Lipinski definition) is 12. The van der Waals surface area contributed by atoms with Gasteiger partial charge in [0, 0.05) is 18.2 Å². The van der Waals surface area contributed by atoms with Crippen molar-refractivity contribution < 1.29 is 38.6 Å². The molecule has 12 nitrogen and oxygen atoms in total. The summed E-state index contributed by atoms with van der Waals surface area (Å²) in [7, 11) is 0. The van der Waals surface area contributed by atoms with Crippen LogP contribution in [0.1, 0.15) is 13.8 Å². The fourth-order valence-corrected chi connectivity index (χ4v) is 6.12. The summed E-state index contributed by atoms with van der Waals surface area (Å²) < 4.78 is 9.85. The quantitative estimate of drug-likeness (QED) is 0.211. The minimum atomic E-state index is -1.35. The van der Waals surface area contributed by atoms with Crippen LogP contribution in [0, 0.1) is 22.7 Å². The lowest BCUT2D eigenvalue weighted by molar-refractivity contribution is -0.150. The molecular weight excluding hydrogens is 520 g/mol. The third-order valence-corrected chi connectivity index (χ3v) is 8.17. The normalized spacial score (nSPS) is 18.3. The van der Waals surface area contributed by atoms with Crippen LogP contribution in [-0.2, 0) is 33.4 Å². The van der Waals surface area contributed by atoms with Crippen molar-refractivity contribution in [3.63, 3.8) is 0 Å². The lowest BCUT2D eigenvalue weighted by atomic mass is 10.0. The molecule has 1 fully saturated rings.